The molecule has 3 heteroatoms. The van der Waals surface area contributed by atoms with Crippen LogP contribution in [0.1, 0.15) is 39.2 Å². The van der Waals surface area contributed by atoms with E-state index in [0.29, 0.717) is 12.0 Å². The Labute approximate surface area is 108 Å². The van der Waals surface area contributed by atoms with Crippen LogP contribution < -0.4 is 0 Å². The van der Waals surface area contributed by atoms with Crippen LogP contribution in [0.3, 0.4) is 0 Å². The number of allylic oxidation sites excluding steroid dienone is 2. The second-order valence-corrected chi connectivity index (χ2v) is 5.55. The molecule has 1 aliphatic carbocycles. The van der Waals surface area contributed by atoms with E-state index in [4.69, 9.17) is 4.42 Å². The van der Waals surface area contributed by atoms with Gasteiger partial charge in [-0.15, -0.1) is 0 Å². The first kappa shape index (κ1) is 13.1. The van der Waals surface area contributed by atoms with E-state index in [1.807, 2.05) is 20.8 Å². The minimum atomic E-state index is -1.07. The van der Waals surface area contributed by atoms with E-state index in [-0.39, 0.29) is 17.6 Å². The normalized spacial score (nSPS) is 31.3. The molecule has 18 heavy (non-hydrogen) atoms. The molecule has 1 saturated carbocycles. The maximum Gasteiger partial charge on any atom is 0.162 e. The molecular weight excluding hydrogens is 228 g/mol. The van der Waals surface area contributed by atoms with Crippen LogP contribution in [0.25, 0.3) is 0 Å². The Hall–Kier alpha value is -1.35. The Bertz CT molecular complexity index is 454. The van der Waals surface area contributed by atoms with Gasteiger partial charge in [0.1, 0.15) is 5.60 Å². The molecule has 1 aromatic heterocycles. The summed E-state index contributed by atoms with van der Waals surface area (Å²) in [4.78, 5) is 12.3. The quantitative estimate of drug-likeness (QED) is 0.836. The first-order valence-electron chi connectivity index (χ1n) is 6.39. The molecule has 0 aromatic carbocycles. The van der Waals surface area contributed by atoms with E-state index >= 15 is 0 Å². The number of carbonyl (C=O) groups is 1. The fourth-order valence-corrected chi connectivity index (χ4v) is 2.97. The number of aliphatic hydroxyl groups is 1. The number of rotatable bonds is 3. The summed E-state index contributed by atoms with van der Waals surface area (Å²) in [5.41, 5.74) is 0.608. The van der Waals surface area contributed by atoms with Crippen molar-refractivity contribution in [2.24, 2.45) is 11.8 Å². The average molecular weight is 248 g/mol. The summed E-state index contributed by atoms with van der Waals surface area (Å²) < 4.78 is 5.05. The summed E-state index contributed by atoms with van der Waals surface area (Å²) in [5, 5.41) is 10.9. The summed E-state index contributed by atoms with van der Waals surface area (Å²) in [6.07, 6.45) is 6.19. The topological polar surface area (TPSA) is 50.4 Å². The van der Waals surface area contributed by atoms with Gasteiger partial charge < -0.3 is 9.52 Å². The minimum Gasteiger partial charge on any atom is -0.472 e. The highest BCUT2D eigenvalue weighted by molar-refractivity contribution is 5.93. The Morgan fingerprint density at radius 2 is 2.28 bits per heavy atom. The van der Waals surface area contributed by atoms with Crippen molar-refractivity contribution in [1.29, 1.82) is 0 Å². The van der Waals surface area contributed by atoms with Crippen molar-refractivity contribution in [1.82, 2.24) is 0 Å². The van der Waals surface area contributed by atoms with Gasteiger partial charge in [0.15, 0.2) is 5.78 Å². The summed E-state index contributed by atoms with van der Waals surface area (Å²) >= 11 is 0. The molecule has 0 spiro atoms. The molecule has 1 heterocycles. The number of hydrogen-bond donors (Lipinski definition) is 1. The molecular formula is C15H20O3. The molecule has 1 fully saturated rings. The highest BCUT2D eigenvalue weighted by Gasteiger charge is 2.50. The van der Waals surface area contributed by atoms with Crippen molar-refractivity contribution in [2.75, 3.05) is 0 Å². The second-order valence-electron chi connectivity index (χ2n) is 5.55. The first-order chi connectivity index (χ1) is 8.45. The van der Waals surface area contributed by atoms with Crippen molar-refractivity contribution in [3.8, 4) is 0 Å². The predicted octanol–water partition coefficient (Wildman–Crippen LogP) is 3.05. The molecule has 0 bridgehead atoms. The van der Waals surface area contributed by atoms with Crippen LogP contribution in [0.5, 0.6) is 0 Å². The lowest BCUT2D eigenvalue weighted by Crippen LogP contribution is -2.36. The molecule has 0 radical (unpaired) electrons. The van der Waals surface area contributed by atoms with Gasteiger partial charge in [-0.25, -0.2) is 0 Å². The zero-order valence-corrected chi connectivity index (χ0v) is 11.1. The summed E-state index contributed by atoms with van der Waals surface area (Å²) in [5.74, 6) is -0.165. The van der Waals surface area contributed by atoms with Crippen LogP contribution in [-0.2, 0) is 10.4 Å². The molecule has 1 N–H and O–H groups in total. The fourth-order valence-electron chi connectivity index (χ4n) is 2.97. The van der Waals surface area contributed by atoms with E-state index in [2.05, 4.69) is 0 Å². The van der Waals surface area contributed by atoms with Crippen LogP contribution in [0.4, 0.5) is 0 Å². The van der Waals surface area contributed by atoms with Gasteiger partial charge in [-0.3, -0.25) is 4.79 Å². The maximum atomic E-state index is 12.3. The van der Waals surface area contributed by atoms with Crippen LogP contribution >= 0.6 is 0 Å². The van der Waals surface area contributed by atoms with Gasteiger partial charge in [0, 0.05) is 5.56 Å². The molecule has 98 valence electrons. The van der Waals surface area contributed by atoms with Gasteiger partial charge in [0.25, 0.3) is 0 Å². The van der Waals surface area contributed by atoms with Crippen molar-refractivity contribution < 1.29 is 14.3 Å². The van der Waals surface area contributed by atoms with Crippen LogP contribution in [0, 0.1) is 11.8 Å². The summed E-state index contributed by atoms with van der Waals surface area (Å²) in [6, 6.07) is 1.75. The monoisotopic (exact) mass is 248 g/mol. The summed E-state index contributed by atoms with van der Waals surface area (Å²) in [7, 11) is 0. The Morgan fingerprint density at radius 1 is 1.56 bits per heavy atom. The van der Waals surface area contributed by atoms with Crippen molar-refractivity contribution in [3.63, 3.8) is 0 Å². The molecule has 0 saturated heterocycles. The molecule has 1 aliphatic rings. The number of ketones is 1. The first-order valence-corrected chi connectivity index (χ1v) is 6.39. The third-order valence-electron chi connectivity index (χ3n) is 3.82. The minimum absolute atomic E-state index is 0.0173. The van der Waals surface area contributed by atoms with Crippen molar-refractivity contribution in [3.05, 3.63) is 35.8 Å². The van der Waals surface area contributed by atoms with Gasteiger partial charge in [0.05, 0.1) is 18.4 Å². The van der Waals surface area contributed by atoms with Gasteiger partial charge in [-0.05, 0) is 44.7 Å². The highest BCUT2D eigenvalue weighted by atomic mass is 16.3. The van der Waals surface area contributed by atoms with Gasteiger partial charge in [-0.1, -0.05) is 12.5 Å². The maximum absolute atomic E-state index is 12.3. The molecule has 0 unspecified atom stereocenters. The average Bonchev–Trinajstić information content (AvgIpc) is 2.86. The number of furan rings is 1. The van der Waals surface area contributed by atoms with E-state index in [1.54, 1.807) is 24.7 Å². The molecule has 0 amide bonds. The standard InChI is InChI=1S/C15H20O3/c1-10(2)8-13(16)14-11(3)4-6-15(14,17)12-5-7-18-9-12/h5,7-9,11,14,17H,4,6H2,1-3H3/t11-,14-,15+/m0/s1. The number of hydrogen-bond acceptors (Lipinski definition) is 3. The second kappa shape index (κ2) is 4.73. The van der Waals surface area contributed by atoms with Gasteiger partial charge in [-0.2, -0.15) is 0 Å². The fraction of sp³-hybridized carbons (Fsp3) is 0.533. The Morgan fingerprint density at radius 3 is 2.83 bits per heavy atom. The summed E-state index contributed by atoms with van der Waals surface area (Å²) in [6.45, 7) is 5.82. The predicted molar refractivity (Wildman–Crippen MR) is 68.9 cm³/mol. The van der Waals surface area contributed by atoms with E-state index < -0.39 is 5.60 Å². The lowest BCUT2D eigenvalue weighted by atomic mass is 9.79. The lowest BCUT2D eigenvalue weighted by molar-refractivity contribution is -0.127. The third kappa shape index (κ3) is 2.15. The van der Waals surface area contributed by atoms with Crippen molar-refractivity contribution in [2.45, 2.75) is 39.2 Å². The largest absolute Gasteiger partial charge is 0.472 e. The third-order valence-corrected chi connectivity index (χ3v) is 3.82. The van der Waals surface area contributed by atoms with Gasteiger partial charge in [0.2, 0.25) is 0 Å². The molecule has 2 rings (SSSR count). The zero-order chi connectivity index (χ0) is 13.3. The SMILES string of the molecule is CC(C)=CC(=O)[C@@H]1[C@@H](C)CC[C@@]1(O)c1ccoc1. The Kier molecular flexibility index (Phi) is 3.44. The zero-order valence-electron chi connectivity index (χ0n) is 11.1. The van der Waals surface area contributed by atoms with E-state index in [9.17, 15) is 9.90 Å². The van der Waals surface area contributed by atoms with E-state index in [0.717, 1.165) is 12.0 Å². The molecule has 3 nitrogen and oxygen atoms in total. The molecule has 3 atom stereocenters. The van der Waals surface area contributed by atoms with Crippen LogP contribution in [0.2, 0.25) is 0 Å². The van der Waals surface area contributed by atoms with Crippen molar-refractivity contribution >= 4 is 5.78 Å². The van der Waals surface area contributed by atoms with Gasteiger partial charge >= 0.3 is 0 Å². The van der Waals surface area contributed by atoms with Crippen LogP contribution in [-0.4, -0.2) is 10.9 Å². The highest BCUT2D eigenvalue weighted by Crippen LogP contribution is 2.47. The Balaban J connectivity index is 2.36. The number of carbonyl (C=O) groups excluding carboxylic acids is 1. The smallest absolute Gasteiger partial charge is 0.162 e. The van der Waals surface area contributed by atoms with Crippen LogP contribution in [0.15, 0.2) is 34.7 Å². The lowest BCUT2D eigenvalue weighted by Gasteiger charge is -2.29. The van der Waals surface area contributed by atoms with E-state index in [1.165, 1.54) is 0 Å². The molecule has 1 aromatic rings. The molecule has 0 aliphatic heterocycles.